The summed E-state index contributed by atoms with van der Waals surface area (Å²) in [6.07, 6.45) is 1.82. The molecule has 1 rings (SSSR count). The molecule has 14 heavy (non-hydrogen) atoms. The van der Waals surface area contributed by atoms with Crippen molar-refractivity contribution in [1.29, 1.82) is 0 Å². The number of phenols is 1. The van der Waals surface area contributed by atoms with Crippen LogP contribution in [-0.4, -0.2) is 11.7 Å². The molecule has 3 nitrogen and oxygen atoms in total. The average Bonchev–Trinajstić information content (AvgIpc) is 2.18. The first-order valence-electron chi connectivity index (χ1n) is 4.90. The normalized spacial score (nSPS) is 12.8. The molecule has 0 amide bonds. The van der Waals surface area contributed by atoms with Crippen LogP contribution >= 0.6 is 0 Å². The maximum absolute atomic E-state index is 9.34. The zero-order valence-corrected chi connectivity index (χ0v) is 8.53. The molecule has 0 aliphatic carbocycles. The number of rotatable bonds is 4. The van der Waals surface area contributed by atoms with Crippen molar-refractivity contribution in [2.75, 3.05) is 6.54 Å². The molecule has 5 N–H and O–H groups in total. The Morgan fingerprint density at radius 1 is 1.43 bits per heavy atom. The van der Waals surface area contributed by atoms with Gasteiger partial charge in [-0.25, -0.2) is 0 Å². The highest BCUT2D eigenvalue weighted by Gasteiger charge is 2.06. The first-order chi connectivity index (χ1) is 6.65. The third-order valence-corrected chi connectivity index (χ3v) is 2.37. The molecular formula is C11H18N2O. The van der Waals surface area contributed by atoms with Gasteiger partial charge in [-0.3, -0.25) is 0 Å². The van der Waals surface area contributed by atoms with Crippen molar-refractivity contribution in [2.45, 2.75) is 25.8 Å². The molecule has 0 saturated heterocycles. The fraction of sp³-hybridized carbons (Fsp3) is 0.455. The quantitative estimate of drug-likeness (QED) is 0.679. The molecular weight excluding hydrogens is 176 g/mol. The van der Waals surface area contributed by atoms with Gasteiger partial charge in [0.25, 0.3) is 0 Å². The lowest BCUT2D eigenvalue weighted by Gasteiger charge is -2.12. The van der Waals surface area contributed by atoms with Crippen LogP contribution in [0.15, 0.2) is 18.2 Å². The van der Waals surface area contributed by atoms with Crippen molar-refractivity contribution in [3.63, 3.8) is 0 Å². The van der Waals surface area contributed by atoms with Crippen molar-refractivity contribution in [3.8, 4) is 5.75 Å². The smallest absolute Gasteiger partial charge is 0.118 e. The van der Waals surface area contributed by atoms with Crippen LogP contribution < -0.4 is 11.5 Å². The molecule has 0 unspecified atom stereocenters. The number of benzene rings is 1. The lowest BCUT2D eigenvalue weighted by atomic mass is 10.0. The molecule has 0 radical (unpaired) electrons. The molecule has 78 valence electrons. The summed E-state index contributed by atoms with van der Waals surface area (Å²) in [7, 11) is 0. The first-order valence-corrected chi connectivity index (χ1v) is 4.90. The summed E-state index contributed by atoms with van der Waals surface area (Å²) in [5, 5.41) is 9.34. The maximum Gasteiger partial charge on any atom is 0.118 e. The third kappa shape index (κ3) is 2.72. The van der Waals surface area contributed by atoms with Crippen LogP contribution in [0.3, 0.4) is 0 Å². The second kappa shape index (κ2) is 4.98. The first kappa shape index (κ1) is 11.0. The van der Waals surface area contributed by atoms with E-state index in [1.165, 1.54) is 0 Å². The van der Waals surface area contributed by atoms with Crippen LogP contribution in [0.4, 0.5) is 0 Å². The van der Waals surface area contributed by atoms with Gasteiger partial charge in [0.1, 0.15) is 5.75 Å². The van der Waals surface area contributed by atoms with Gasteiger partial charge in [0.2, 0.25) is 0 Å². The predicted molar refractivity (Wildman–Crippen MR) is 58.1 cm³/mol. The van der Waals surface area contributed by atoms with Crippen molar-refractivity contribution < 1.29 is 5.11 Å². The molecule has 0 aliphatic rings. The second-order valence-electron chi connectivity index (χ2n) is 3.58. The number of hydrogen-bond donors (Lipinski definition) is 3. The molecule has 0 aliphatic heterocycles. The lowest BCUT2D eigenvalue weighted by Crippen LogP contribution is -2.12. The lowest BCUT2D eigenvalue weighted by molar-refractivity contribution is 0.470. The summed E-state index contributed by atoms with van der Waals surface area (Å²) < 4.78 is 0. The summed E-state index contributed by atoms with van der Waals surface area (Å²) in [6, 6.07) is 5.50. The van der Waals surface area contributed by atoms with E-state index in [-0.39, 0.29) is 6.04 Å². The summed E-state index contributed by atoms with van der Waals surface area (Å²) in [5.74, 6) is 0.319. The van der Waals surface area contributed by atoms with Crippen LogP contribution in [0.2, 0.25) is 0 Å². The summed E-state index contributed by atoms with van der Waals surface area (Å²) >= 11 is 0. The van der Waals surface area contributed by atoms with Gasteiger partial charge in [0.05, 0.1) is 0 Å². The molecule has 0 saturated carbocycles. The Morgan fingerprint density at radius 3 is 2.71 bits per heavy atom. The summed E-state index contributed by atoms with van der Waals surface area (Å²) in [4.78, 5) is 0. The highest BCUT2D eigenvalue weighted by Crippen LogP contribution is 2.22. The van der Waals surface area contributed by atoms with Gasteiger partial charge in [-0.1, -0.05) is 12.1 Å². The Hall–Kier alpha value is -1.06. The average molecular weight is 194 g/mol. The van der Waals surface area contributed by atoms with E-state index in [0.717, 1.165) is 24.0 Å². The summed E-state index contributed by atoms with van der Waals surface area (Å²) in [5.41, 5.74) is 13.3. The molecule has 0 spiro atoms. The fourth-order valence-electron chi connectivity index (χ4n) is 1.41. The van der Waals surface area contributed by atoms with E-state index in [2.05, 4.69) is 0 Å². The number of hydrogen-bond acceptors (Lipinski definition) is 3. The van der Waals surface area contributed by atoms with Gasteiger partial charge in [-0.05, 0) is 43.5 Å². The highest BCUT2D eigenvalue weighted by molar-refractivity contribution is 5.36. The Labute approximate surface area is 84.7 Å². The van der Waals surface area contributed by atoms with E-state index in [1.54, 1.807) is 6.07 Å². The fourth-order valence-corrected chi connectivity index (χ4v) is 1.41. The van der Waals surface area contributed by atoms with E-state index in [4.69, 9.17) is 11.5 Å². The van der Waals surface area contributed by atoms with Gasteiger partial charge in [0, 0.05) is 6.04 Å². The van der Waals surface area contributed by atoms with Crippen molar-refractivity contribution >= 4 is 0 Å². The summed E-state index contributed by atoms with van der Waals surface area (Å²) in [6.45, 7) is 2.54. The topological polar surface area (TPSA) is 72.3 Å². The zero-order chi connectivity index (χ0) is 10.6. The van der Waals surface area contributed by atoms with Crippen LogP contribution in [0.1, 0.15) is 30.0 Å². The van der Waals surface area contributed by atoms with Gasteiger partial charge in [0.15, 0.2) is 0 Å². The molecule has 0 aromatic heterocycles. The molecule has 0 bridgehead atoms. The van der Waals surface area contributed by atoms with Crippen molar-refractivity contribution in [1.82, 2.24) is 0 Å². The SMILES string of the molecule is Cc1cc([C@@H](N)CCCN)ccc1O. The number of aromatic hydroxyl groups is 1. The van der Waals surface area contributed by atoms with E-state index in [9.17, 15) is 5.11 Å². The van der Waals surface area contributed by atoms with Crippen LogP contribution in [-0.2, 0) is 0 Å². The minimum Gasteiger partial charge on any atom is -0.508 e. The predicted octanol–water partition coefficient (Wildman–Crippen LogP) is 1.44. The minimum absolute atomic E-state index is 0.0258. The van der Waals surface area contributed by atoms with E-state index < -0.39 is 0 Å². The van der Waals surface area contributed by atoms with E-state index in [1.807, 2.05) is 19.1 Å². The minimum atomic E-state index is 0.0258. The van der Waals surface area contributed by atoms with Gasteiger partial charge < -0.3 is 16.6 Å². The molecule has 0 fully saturated rings. The molecule has 1 atom stereocenters. The van der Waals surface area contributed by atoms with Gasteiger partial charge in [-0.2, -0.15) is 0 Å². The maximum atomic E-state index is 9.34. The number of phenolic OH excluding ortho intramolecular Hbond substituents is 1. The Balaban J connectivity index is 2.70. The third-order valence-electron chi connectivity index (χ3n) is 2.37. The highest BCUT2D eigenvalue weighted by atomic mass is 16.3. The van der Waals surface area contributed by atoms with Gasteiger partial charge in [-0.15, -0.1) is 0 Å². The largest absolute Gasteiger partial charge is 0.508 e. The Morgan fingerprint density at radius 2 is 2.14 bits per heavy atom. The van der Waals surface area contributed by atoms with Crippen LogP contribution in [0.5, 0.6) is 5.75 Å². The van der Waals surface area contributed by atoms with Crippen molar-refractivity contribution in [2.24, 2.45) is 11.5 Å². The Bertz CT molecular complexity index is 299. The van der Waals surface area contributed by atoms with E-state index >= 15 is 0 Å². The van der Waals surface area contributed by atoms with E-state index in [0.29, 0.717) is 12.3 Å². The molecule has 0 heterocycles. The van der Waals surface area contributed by atoms with Crippen molar-refractivity contribution in [3.05, 3.63) is 29.3 Å². The van der Waals surface area contributed by atoms with Gasteiger partial charge >= 0.3 is 0 Å². The van der Waals surface area contributed by atoms with Crippen LogP contribution in [0.25, 0.3) is 0 Å². The van der Waals surface area contributed by atoms with Crippen LogP contribution in [0, 0.1) is 6.92 Å². The monoisotopic (exact) mass is 194 g/mol. The number of aryl methyl sites for hydroxylation is 1. The molecule has 1 aromatic rings. The standard InChI is InChI=1S/C11H18N2O/c1-8-7-9(4-5-11(8)14)10(13)3-2-6-12/h4-5,7,10,14H,2-3,6,12-13H2,1H3/t10-/m0/s1. The zero-order valence-electron chi connectivity index (χ0n) is 8.53. The second-order valence-corrected chi connectivity index (χ2v) is 3.58. The molecule has 1 aromatic carbocycles. The number of nitrogens with two attached hydrogens (primary N) is 2. The molecule has 3 heteroatoms. The Kier molecular flexibility index (Phi) is 3.92.